The highest BCUT2D eigenvalue weighted by Gasteiger charge is 2.20. The van der Waals surface area contributed by atoms with E-state index < -0.39 is 0 Å². The Bertz CT molecular complexity index is 414. The molecule has 112 valence electrons. The van der Waals surface area contributed by atoms with E-state index in [1.165, 1.54) is 0 Å². The molecule has 0 aromatic heterocycles. The Hall–Kier alpha value is -1.13. The summed E-state index contributed by atoms with van der Waals surface area (Å²) in [4.78, 5) is 4.61. The van der Waals surface area contributed by atoms with Gasteiger partial charge in [-0.3, -0.25) is 0 Å². The van der Waals surface area contributed by atoms with Crippen LogP contribution in [-0.4, -0.2) is 44.2 Å². The van der Waals surface area contributed by atoms with Crippen molar-refractivity contribution in [1.29, 1.82) is 0 Å². The van der Waals surface area contributed by atoms with Crippen molar-refractivity contribution in [3.63, 3.8) is 0 Å². The van der Waals surface area contributed by atoms with Crippen molar-refractivity contribution in [3.05, 3.63) is 29.6 Å². The van der Waals surface area contributed by atoms with Gasteiger partial charge in [0.05, 0.1) is 5.69 Å². The summed E-state index contributed by atoms with van der Waals surface area (Å²) in [5.74, 6) is -0.0919. The van der Waals surface area contributed by atoms with Crippen LogP contribution in [0.25, 0.3) is 0 Å². The molecule has 0 amide bonds. The zero-order chi connectivity index (χ0) is 14.4. The van der Waals surface area contributed by atoms with E-state index in [0.29, 0.717) is 0 Å². The summed E-state index contributed by atoms with van der Waals surface area (Å²) >= 11 is 0. The van der Waals surface area contributed by atoms with Gasteiger partial charge in [0.15, 0.2) is 0 Å². The third-order valence-corrected chi connectivity index (χ3v) is 3.95. The Morgan fingerprint density at radius 2 is 1.90 bits per heavy atom. The van der Waals surface area contributed by atoms with Gasteiger partial charge < -0.3 is 15.1 Å². The molecule has 0 atom stereocenters. The first-order valence-corrected chi connectivity index (χ1v) is 7.71. The van der Waals surface area contributed by atoms with Crippen LogP contribution in [-0.2, 0) is 6.54 Å². The number of nitrogens with zero attached hydrogens (tertiary/aromatic N) is 2. The van der Waals surface area contributed by atoms with E-state index in [1.54, 1.807) is 6.07 Å². The van der Waals surface area contributed by atoms with Crippen LogP contribution in [0.2, 0.25) is 0 Å². The van der Waals surface area contributed by atoms with Crippen LogP contribution in [0.4, 0.5) is 10.1 Å². The zero-order valence-electron chi connectivity index (χ0n) is 12.7. The fourth-order valence-corrected chi connectivity index (χ4v) is 2.74. The third kappa shape index (κ3) is 3.70. The summed E-state index contributed by atoms with van der Waals surface area (Å²) in [6.07, 6.45) is 1.10. The Labute approximate surface area is 121 Å². The lowest BCUT2D eigenvalue weighted by molar-refractivity contribution is 0.270. The van der Waals surface area contributed by atoms with Gasteiger partial charge in [0.25, 0.3) is 0 Å². The Kier molecular flexibility index (Phi) is 5.80. The van der Waals surface area contributed by atoms with E-state index in [-0.39, 0.29) is 5.82 Å². The first kappa shape index (κ1) is 15.3. The van der Waals surface area contributed by atoms with Crippen molar-refractivity contribution in [1.82, 2.24) is 10.2 Å². The fourth-order valence-electron chi connectivity index (χ4n) is 2.74. The van der Waals surface area contributed by atoms with Gasteiger partial charge in [0.2, 0.25) is 0 Å². The molecule has 0 aliphatic carbocycles. The van der Waals surface area contributed by atoms with Gasteiger partial charge in [-0.1, -0.05) is 26.0 Å². The predicted octanol–water partition coefficient (Wildman–Crippen LogP) is 2.47. The predicted molar refractivity (Wildman–Crippen MR) is 82.7 cm³/mol. The van der Waals surface area contributed by atoms with Crippen molar-refractivity contribution in [2.75, 3.05) is 44.2 Å². The molecule has 3 nitrogen and oxygen atoms in total. The molecule has 20 heavy (non-hydrogen) atoms. The number of anilines is 1. The summed E-state index contributed by atoms with van der Waals surface area (Å²) < 4.78 is 14.2. The van der Waals surface area contributed by atoms with E-state index in [9.17, 15) is 4.39 Å². The van der Waals surface area contributed by atoms with E-state index in [2.05, 4.69) is 29.0 Å². The van der Waals surface area contributed by atoms with Gasteiger partial charge in [0, 0.05) is 32.7 Å². The minimum atomic E-state index is -0.0919. The second kappa shape index (κ2) is 7.60. The molecule has 1 aromatic rings. The normalized spacial score (nSPS) is 16.6. The molecule has 0 saturated carbocycles. The van der Waals surface area contributed by atoms with Crippen molar-refractivity contribution < 1.29 is 4.39 Å². The van der Waals surface area contributed by atoms with Crippen LogP contribution in [0.1, 0.15) is 25.8 Å². The molecule has 1 aliphatic rings. The highest BCUT2D eigenvalue weighted by atomic mass is 19.1. The van der Waals surface area contributed by atoms with Crippen molar-refractivity contribution in [2.24, 2.45) is 0 Å². The molecule has 1 aliphatic heterocycles. The monoisotopic (exact) mass is 279 g/mol. The number of rotatable bonds is 6. The number of para-hydroxylation sites is 1. The number of benzene rings is 1. The standard InChI is InChI=1S/C16H26FN3/c1-3-8-18-13-14-6-5-7-15(17)16(14)20-11-9-19(4-2)10-12-20/h5-7,18H,3-4,8-13H2,1-2H3. The average molecular weight is 279 g/mol. The maximum absolute atomic E-state index is 14.2. The van der Waals surface area contributed by atoms with Crippen LogP contribution in [0.3, 0.4) is 0 Å². The molecule has 0 radical (unpaired) electrons. The highest BCUT2D eigenvalue weighted by Crippen LogP contribution is 2.25. The summed E-state index contributed by atoms with van der Waals surface area (Å²) in [6, 6.07) is 5.42. The molecule has 0 unspecified atom stereocenters. The molecule has 0 spiro atoms. The van der Waals surface area contributed by atoms with Crippen molar-refractivity contribution >= 4 is 5.69 Å². The summed E-state index contributed by atoms with van der Waals surface area (Å²) in [5, 5.41) is 3.37. The van der Waals surface area contributed by atoms with Crippen LogP contribution in [0.15, 0.2) is 18.2 Å². The van der Waals surface area contributed by atoms with Crippen LogP contribution in [0, 0.1) is 5.82 Å². The topological polar surface area (TPSA) is 18.5 Å². The quantitative estimate of drug-likeness (QED) is 0.807. The second-order valence-corrected chi connectivity index (χ2v) is 5.35. The van der Waals surface area contributed by atoms with Crippen LogP contribution < -0.4 is 10.2 Å². The smallest absolute Gasteiger partial charge is 0.146 e. The summed E-state index contributed by atoms with van der Waals surface area (Å²) in [7, 11) is 0. The number of piperazine rings is 1. The first-order chi connectivity index (χ1) is 9.76. The van der Waals surface area contributed by atoms with Crippen molar-refractivity contribution in [3.8, 4) is 0 Å². The molecule has 4 heteroatoms. The van der Waals surface area contributed by atoms with Gasteiger partial charge in [-0.25, -0.2) is 4.39 Å². The highest BCUT2D eigenvalue weighted by molar-refractivity contribution is 5.55. The van der Waals surface area contributed by atoms with E-state index >= 15 is 0 Å². The van der Waals surface area contributed by atoms with Gasteiger partial charge >= 0.3 is 0 Å². The average Bonchev–Trinajstić information content (AvgIpc) is 2.48. The van der Waals surface area contributed by atoms with Crippen LogP contribution >= 0.6 is 0 Å². The van der Waals surface area contributed by atoms with E-state index in [0.717, 1.165) is 63.5 Å². The largest absolute Gasteiger partial charge is 0.366 e. The van der Waals surface area contributed by atoms with Gasteiger partial charge in [-0.05, 0) is 31.1 Å². The molecular formula is C16H26FN3. The number of likely N-dealkylation sites (N-methyl/N-ethyl adjacent to an activating group) is 1. The summed E-state index contributed by atoms with van der Waals surface area (Å²) in [5.41, 5.74) is 1.87. The molecule has 1 fully saturated rings. The maximum Gasteiger partial charge on any atom is 0.146 e. The second-order valence-electron chi connectivity index (χ2n) is 5.35. The molecular weight excluding hydrogens is 253 g/mol. The minimum absolute atomic E-state index is 0.0919. The molecule has 1 N–H and O–H groups in total. The number of nitrogens with one attached hydrogen (secondary N) is 1. The summed E-state index contributed by atoms with van der Waals surface area (Å²) in [6.45, 7) is 11.0. The van der Waals surface area contributed by atoms with E-state index in [4.69, 9.17) is 0 Å². The fraction of sp³-hybridized carbons (Fsp3) is 0.625. The van der Waals surface area contributed by atoms with Crippen LogP contribution in [0.5, 0.6) is 0 Å². The van der Waals surface area contributed by atoms with Crippen molar-refractivity contribution in [2.45, 2.75) is 26.8 Å². The number of halogens is 1. The third-order valence-electron chi connectivity index (χ3n) is 3.95. The molecule has 1 heterocycles. The zero-order valence-corrected chi connectivity index (χ0v) is 12.7. The molecule has 2 rings (SSSR count). The SMILES string of the molecule is CCCNCc1cccc(F)c1N1CCN(CC)CC1. The van der Waals surface area contributed by atoms with Gasteiger partial charge in [-0.2, -0.15) is 0 Å². The van der Waals surface area contributed by atoms with E-state index in [1.807, 2.05) is 12.1 Å². The number of hydrogen-bond donors (Lipinski definition) is 1. The Balaban J connectivity index is 2.09. The lowest BCUT2D eigenvalue weighted by Gasteiger charge is -2.36. The van der Waals surface area contributed by atoms with Gasteiger partial charge in [0.1, 0.15) is 5.82 Å². The minimum Gasteiger partial charge on any atom is -0.366 e. The lowest BCUT2D eigenvalue weighted by atomic mass is 10.1. The molecule has 1 aromatic carbocycles. The Morgan fingerprint density at radius 1 is 1.15 bits per heavy atom. The maximum atomic E-state index is 14.2. The Morgan fingerprint density at radius 3 is 2.55 bits per heavy atom. The van der Waals surface area contributed by atoms with Gasteiger partial charge in [-0.15, -0.1) is 0 Å². The number of hydrogen-bond acceptors (Lipinski definition) is 3. The lowest BCUT2D eigenvalue weighted by Crippen LogP contribution is -2.46. The molecule has 0 bridgehead atoms. The molecule has 1 saturated heterocycles. The first-order valence-electron chi connectivity index (χ1n) is 7.71.